The van der Waals surface area contributed by atoms with E-state index in [1.54, 1.807) is 0 Å². The first-order valence-electron chi connectivity index (χ1n) is 19.9. The van der Waals surface area contributed by atoms with Gasteiger partial charge in [0.15, 0.2) is 0 Å². The molecule has 0 amide bonds. The molecule has 2 heteroatoms. The Kier molecular flexibility index (Phi) is 8.19. The van der Waals surface area contributed by atoms with Gasteiger partial charge in [0.1, 0.15) is 0 Å². The largest absolute Gasteiger partial charge is 0.310 e. The van der Waals surface area contributed by atoms with Crippen LogP contribution in [0.1, 0.15) is 0 Å². The van der Waals surface area contributed by atoms with E-state index in [9.17, 15) is 0 Å². The van der Waals surface area contributed by atoms with Gasteiger partial charge in [0.05, 0.1) is 16.7 Å². The maximum Gasteiger partial charge on any atom is 0.0547 e. The van der Waals surface area contributed by atoms with Crippen molar-refractivity contribution in [2.24, 2.45) is 0 Å². The van der Waals surface area contributed by atoms with Crippen molar-refractivity contribution in [1.29, 1.82) is 0 Å². The molecule has 0 N–H and O–H groups in total. The Morgan fingerprint density at radius 2 is 0.828 bits per heavy atom. The van der Waals surface area contributed by atoms with Gasteiger partial charge >= 0.3 is 0 Å². The highest BCUT2D eigenvalue weighted by molar-refractivity contribution is 6.21. The number of hydrogen-bond acceptors (Lipinski definition) is 1. The lowest BCUT2D eigenvalue weighted by Crippen LogP contribution is -2.11. The summed E-state index contributed by atoms with van der Waals surface area (Å²) in [6.45, 7) is 0. The van der Waals surface area contributed by atoms with Crippen LogP contribution in [0.15, 0.2) is 231 Å². The zero-order valence-corrected chi connectivity index (χ0v) is 31.8. The van der Waals surface area contributed by atoms with Crippen LogP contribution in [0.5, 0.6) is 0 Å². The predicted octanol–water partition coefficient (Wildman–Crippen LogP) is 15.6. The number of aromatic nitrogens is 1. The molecule has 2 nitrogen and oxygen atoms in total. The Hall–Kier alpha value is -7.68. The Bertz CT molecular complexity index is 3270. The molecule has 1 aromatic heterocycles. The first kappa shape index (κ1) is 33.6. The molecule has 0 saturated carbocycles. The number of rotatable bonds is 7. The number of anilines is 3. The number of nitrogens with zero attached hydrogens (tertiary/aromatic N) is 2. The summed E-state index contributed by atoms with van der Waals surface area (Å²) >= 11 is 0. The van der Waals surface area contributed by atoms with E-state index in [0.717, 1.165) is 28.3 Å². The van der Waals surface area contributed by atoms with Crippen molar-refractivity contribution >= 4 is 60.4 Å². The monoisotopic (exact) mass is 738 g/mol. The molecule has 1 heterocycles. The van der Waals surface area contributed by atoms with Crippen LogP contribution >= 0.6 is 0 Å². The van der Waals surface area contributed by atoms with Crippen molar-refractivity contribution in [2.75, 3.05) is 4.90 Å². The maximum absolute atomic E-state index is 2.43. The summed E-state index contributed by atoms with van der Waals surface area (Å²) in [6.07, 6.45) is 0. The summed E-state index contributed by atoms with van der Waals surface area (Å²) in [5, 5.41) is 7.47. The van der Waals surface area contributed by atoms with Gasteiger partial charge in [0.25, 0.3) is 0 Å². The van der Waals surface area contributed by atoms with Crippen molar-refractivity contribution in [2.45, 2.75) is 0 Å². The standard InChI is InChI=1S/C56H38N2/c1-4-17-39(18-5-1)49-27-12-13-30-52(49)57(46-35-36-48-43(38-46)34-33-41-21-10-11-26-47(41)48)45-25-14-22-42(37-45)51-29-16-32-54-56(51)55-50(40-19-6-2-7-20-40)28-15-31-53(55)58(54)44-23-8-3-9-24-44/h1-38H. The fraction of sp³-hybridized carbons (Fsp3) is 0. The first-order valence-corrected chi connectivity index (χ1v) is 19.9. The van der Waals surface area contributed by atoms with E-state index in [2.05, 4.69) is 240 Å². The third-order valence-corrected chi connectivity index (χ3v) is 11.5. The van der Waals surface area contributed by atoms with E-state index in [4.69, 9.17) is 0 Å². The van der Waals surface area contributed by atoms with E-state index < -0.39 is 0 Å². The van der Waals surface area contributed by atoms with E-state index in [-0.39, 0.29) is 0 Å². The fourth-order valence-electron chi connectivity index (χ4n) is 8.97. The number of benzene rings is 10. The van der Waals surface area contributed by atoms with Gasteiger partial charge in [0, 0.05) is 33.4 Å². The molecule has 0 atom stereocenters. The lowest BCUT2D eigenvalue weighted by atomic mass is 9.94. The second-order valence-corrected chi connectivity index (χ2v) is 14.9. The van der Waals surface area contributed by atoms with Crippen molar-refractivity contribution in [3.05, 3.63) is 231 Å². The zero-order chi connectivity index (χ0) is 38.4. The third kappa shape index (κ3) is 5.66. The fourth-order valence-corrected chi connectivity index (χ4v) is 8.97. The Labute approximate surface area is 338 Å². The van der Waals surface area contributed by atoms with Gasteiger partial charge in [-0.25, -0.2) is 0 Å². The van der Waals surface area contributed by atoms with E-state index in [0.29, 0.717) is 0 Å². The lowest BCUT2D eigenvalue weighted by Gasteiger charge is -2.28. The van der Waals surface area contributed by atoms with Crippen LogP contribution < -0.4 is 4.90 Å². The molecule has 0 saturated heterocycles. The molecule has 0 spiro atoms. The van der Waals surface area contributed by atoms with Gasteiger partial charge < -0.3 is 9.47 Å². The normalized spacial score (nSPS) is 11.4. The van der Waals surface area contributed by atoms with Crippen LogP contribution in [0.4, 0.5) is 17.1 Å². The quantitative estimate of drug-likeness (QED) is 0.148. The number of fused-ring (bicyclic) bond motifs is 6. The van der Waals surface area contributed by atoms with Crippen LogP contribution in [0.25, 0.3) is 82.4 Å². The van der Waals surface area contributed by atoms with Crippen molar-refractivity contribution in [3.63, 3.8) is 0 Å². The minimum atomic E-state index is 1.09. The molecule has 0 aliphatic rings. The third-order valence-electron chi connectivity index (χ3n) is 11.5. The number of para-hydroxylation sites is 2. The van der Waals surface area contributed by atoms with Crippen LogP contribution in [0.3, 0.4) is 0 Å². The first-order chi connectivity index (χ1) is 28.8. The van der Waals surface area contributed by atoms with Gasteiger partial charge in [-0.15, -0.1) is 0 Å². The summed E-state index contributed by atoms with van der Waals surface area (Å²) in [5.74, 6) is 0. The van der Waals surface area contributed by atoms with Gasteiger partial charge in [-0.05, 0) is 104 Å². The summed E-state index contributed by atoms with van der Waals surface area (Å²) in [7, 11) is 0. The molecule has 11 rings (SSSR count). The molecule has 10 aromatic carbocycles. The van der Waals surface area contributed by atoms with Gasteiger partial charge in [-0.1, -0.05) is 176 Å². The smallest absolute Gasteiger partial charge is 0.0547 e. The van der Waals surface area contributed by atoms with Crippen LogP contribution in [0, 0.1) is 0 Å². The molecular weight excluding hydrogens is 701 g/mol. The molecule has 0 aliphatic carbocycles. The highest BCUT2D eigenvalue weighted by Gasteiger charge is 2.22. The highest BCUT2D eigenvalue weighted by atomic mass is 15.1. The van der Waals surface area contributed by atoms with Crippen LogP contribution in [0.2, 0.25) is 0 Å². The highest BCUT2D eigenvalue weighted by Crippen LogP contribution is 2.46. The molecule has 0 radical (unpaired) electrons. The summed E-state index contributed by atoms with van der Waals surface area (Å²) in [6, 6.07) is 83.7. The molecule has 11 aromatic rings. The second-order valence-electron chi connectivity index (χ2n) is 14.9. The Balaban J connectivity index is 1.17. The van der Waals surface area contributed by atoms with Gasteiger partial charge in [0.2, 0.25) is 0 Å². The van der Waals surface area contributed by atoms with Crippen molar-refractivity contribution < 1.29 is 0 Å². The van der Waals surface area contributed by atoms with Crippen molar-refractivity contribution in [1.82, 2.24) is 4.57 Å². The molecule has 0 unspecified atom stereocenters. The van der Waals surface area contributed by atoms with Crippen LogP contribution in [-0.4, -0.2) is 4.57 Å². The van der Waals surface area contributed by atoms with E-state index >= 15 is 0 Å². The maximum atomic E-state index is 2.43. The van der Waals surface area contributed by atoms with E-state index in [1.165, 1.54) is 71.2 Å². The topological polar surface area (TPSA) is 8.17 Å². The molecule has 272 valence electrons. The summed E-state index contributed by atoms with van der Waals surface area (Å²) in [5.41, 5.74) is 14.0. The minimum absolute atomic E-state index is 1.09. The average molecular weight is 739 g/mol. The zero-order valence-electron chi connectivity index (χ0n) is 31.8. The van der Waals surface area contributed by atoms with Crippen LogP contribution in [-0.2, 0) is 0 Å². The molecule has 0 fully saturated rings. The second kappa shape index (κ2) is 14.1. The Morgan fingerprint density at radius 1 is 0.310 bits per heavy atom. The van der Waals surface area contributed by atoms with Crippen molar-refractivity contribution in [3.8, 4) is 39.1 Å². The number of hydrogen-bond donors (Lipinski definition) is 0. The van der Waals surface area contributed by atoms with Gasteiger partial charge in [-0.2, -0.15) is 0 Å². The molecule has 58 heavy (non-hydrogen) atoms. The molecule has 0 bridgehead atoms. The lowest BCUT2D eigenvalue weighted by molar-refractivity contribution is 1.18. The summed E-state index contributed by atoms with van der Waals surface area (Å²) < 4.78 is 2.42. The summed E-state index contributed by atoms with van der Waals surface area (Å²) in [4.78, 5) is 2.43. The Morgan fingerprint density at radius 3 is 1.57 bits per heavy atom. The SMILES string of the molecule is c1ccc(-c2ccccc2N(c2cccc(-c3cccc4c3c3c(-c5ccccc5)cccc3n4-c3ccccc3)c2)c2ccc3c(ccc4ccccc43)c2)cc1. The van der Waals surface area contributed by atoms with E-state index in [1.807, 2.05) is 0 Å². The molecular formula is C56H38N2. The minimum Gasteiger partial charge on any atom is -0.310 e. The predicted molar refractivity (Wildman–Crippen MR) is 247 cm³/mol. The van der Waals surface area contributed by atoms with Gasteiger partial charge in [-0.3, -0.25) is 0 Å². The molecule has 0 aliphatic heterocycles. The average Bonchev–Trinajstić information content (AvgIpc) is 3.65.